The number of piperidine rings is 1. The molecule has 1 amide bonds. The second kappa shape index (κ2) is 7.97. The van der Waals surface area contributed by atoms with Gasteiger partial charge in [-0.1, -0.05) is 6.92 Å². The maximum Gasteiger partial charge on any atom is 0.310 e. The van der Waals surface area contributed by atoms with Crippen LogP contribution < -0.4 is 5.56 Å². The van der Waals surface area contributed by atoms with Crippen LogP contribution >= 0.6 is 0 Å². The normalized spacial score (nSPS) is 18.1. The molecule has 0 aromatic carbocycles. The van der Waals surface area contributed by atoms with E-state index >= 15 is 0 Å². The highest BCUT2D eigenvalue weighted by molar-refractivity contribution is 5.84. The van der Waals surface area contributed by atoms with Crippen LogP contribution in [0.1, 0.15) is 45.0 Å². The van der Waals surface area contributed by atoms with Crippen LogP contribution in [-0.4, -0.2) is 50.7 Å². The molecule has 1 aliphatic rings. The smallest absolute Gasteiger partial charge is 0.310 e. The summed E-state index contributed by atoms with van der Waals surface area (Å²) in [5.74, 6) is -0.201. The number of hydrogen-bond donors (Lipinski definition) is 0. The van der Waals surface area contributed by atoms with E-state index in [1.807, 2.05) is 6.92 Å². The molecule has 0 spiro atoms. The van der Waals surface area contributed by atoms with Crippen molar-refractivity contribution in [2.45, 2.75) is 46.1 Å². The van der Waals surface area contributed by atoms with Gasteiger partial charge < -0.3 is 14.1 Å². The van der Waals surface area contributed by atoms with Crippen molar-refractivity contribution in [2.75, 3.05) is 19.7 Å². The minimum absolute atomic E-state index is 0.194. The Hall–Kier alpha value is -3.10. The number of carbonyl (C=O) groups excluding carboxylic acids is 2. The maximum atomic E-state index is 13.3. The van der Waals surface area contributed by atoms with Crippen molar-refractivity contribution < 1.29 is 18.7 Å². The lowest BCUT2D eigenvalue weighted by Gasteiger charge is -2.34. The summed E-state index contributed by atoms with van der Waals surface area (Å²) in [5, 5.41) is 4.46. The van der Waals surface area contributed by atoms with Crippen molar-refractivity contribution in [1.29, 1.82) is 0 Å². The minimum Gasteiger partial charge on any atom is -0.466 e. The van der Waals surface area contributed by atoms with Crippen molar-refractivity contribution in [3.63, 3.8) is 0 Å². The second-order valence-electron chi connectivity index (χ2n) is 7.63. The molecule has 0 unspecified atom stereocenters. The first kappa shape index (κ1) is 20.2. The number of furan rings is 1. The molecule has 0 saturated carbocycles. The van der Waals surface area contributed by atoms with Crippen molar-refractivity contribution in [1.82, 2.24) is 19.1 Å². The first-order valence-electron chi connectivity index (χ1n) is 10.4. The van der Waals surface area contributed by atoms with Crippen LogP contribution in [0.3, 0.4) is 0 Å². The zero-order valence-corrected chi connectivity index (χ0v) is 17.5. The number of aromatic nitrogens is 3. The van der Waals surface area contributed by atoms with E-state index in [0.717, 1.165) is 11.9 Å². The van der Waals surface area contributed by atoms with E-state index < -0.39 is 6.04 Å². The van der Waals surface area contributed by atoms with E-state index in [1.54, 1.807) is 41.5 Å². The molecule has 2 atom stereocenters. The Labute approximate surface area is 173 Å². The maximum absolute atomic E-state index is 13.3. The molecule has 1 saturated heterocycles. The molecular weight excluding hydrogens is 388 g/mol. The molecule has 3 aromatic rings. The Morgan fingerprint density at radius 3 is 2.87 bits per heavy atom. The predicted octanol–water partition coefficient (Wildman–Crippen LogP) is 2.30. The summed E-state index contributed by atoms with van der Waals surface area (Å²) in [6.07, 6.45) is 3.41. The lowest BCUT2D eigenvalue weighted by molar-refractivity contribution is -0.151. The molecule has 0 N–H and O–H groups in total. The third-order valence-electron chi connectivity index (χ3n) is 5.75. The highest BCUT2D eigenvalue weighted by atomic mass is 16.5. The van der Waals surface area contributed by atoms with Gasteiger partial charge in [0.1, 0.15) is 17.4 Å². The number of amides is 1. The van der Waals surface area contributed by atoms with Gasteiger partial charge in [-0.2, -0.15) is 5.10 Å². The van der Waals surface area contributed by atoms with Crippen LogP contribution in [0.25, 0.3) is 16.6 Å². The SMILES string of the molecule is CCOC(=O)[C@H]1CCCN(C(=O)[C@@H](CC)n2nc(C)n3c(cc4occc43)c2=O)C1. The molecular formula is C21H26N4O5. The van der Waals surface area contributed by atoms with Gasteiger partial charge in [-0.05, 0) is 33.1 Å². The highest BCUT2D eigenvalue weighted by Gasteiger charge is 2.34. The van der Waals surface area contributed by atoms with Gasteiger partial charge in [0.25, 0.3) is 5.56 Å². The molecule has 0 bridgehead atoms. The first-order chi connectivity index (χ1) is 14.5. The topological polar surface area (TPSA) is 99.1 Å². The minimum atomic E-state index is -0.733. The van der Waals surface area contributed by atoms with E-state index in [4.69, 9.17) is 9.15 Å². The summed E-state index contributed by atoms with van der Waals surface area (Å²) >= 11 is 0. The van der Waals surface area contributed by atoms with Crippen LogP contribution in [-0.2, 0) is 14.3 Å². The average molecular weight is 414 g/mol. The Morgan fingerprint density at radius 1 is 1.33 bits per heavy atom. The number of fused-ring (bicyclic) bond motifs is 3. The largest absolute Gasteiger partial charge is 0.466 e. The molecule has 160 valence electrons. The van der Waals surface area contributed by atoms with Crippen molar-refractivity contribution >= 4 is 28.5 Å². The summed E-state index contributed by atoms with van der Waals surface area (Å²) in [6.45, 7) is 6.60. The summed E-state index contributed by atoms with van der Waals surface area (Å²) in [6, 6.07) is 2.73. The van der Waals surface area contributed by atoms with E-state index in [0.29, 0.717) is 49.5 Å². The van der Waals surface area contributed by atoms with Crippen LogP contribution in [0, 0.1) is 12.8 Å². The van der Waals surface area contributed by atoms with Gasteiger partial charge in [-0.3, -0.25) is 18.8 Å². The number of nitrogens with zero attached hydrogens (tertiary/aromatic N) is 4. The van der Waals surface area contributed by atoms with Gasteiger partial charge in [-0.15, -0.1) is 0 Å². The second-order valence-corrected chi connectivity index (χ2v) is 7.63. The van der Waals surface area contributed by atoms with Crippen LogP contribution in [0.5, 0.6) is 0 Å². The molecule has 1 aliphatic heterocycles. The summed E-state index contributed by atoms with van der Waals surface area (Å²) in [4.78, 5) is 40.3. The summed E-state index contributed by atoms with van der Waals surface area (Å²) in [7, 11) is 0. The fourth-order valence-corrected chi connectivity index (χ4v) is 4.30. The first-order valence-corrected chi connectivity index (χ1v) is 10.4. The Bertz CT molecular complexity index is 1160. The van der Waals surface area contributed by atoms with Crippen LogP contribution in [0.15, 0.2) is 27.6 Å². The van der Waals surface area contributed by atoms with Crippen LogP contribution in [0.2, 0.25) is 0 Å². The Balaban J connectivity index is 1.67. The van der Waals surface area contributed by atoms with Gasteiger partial charge in [-0.25, -0.2) is 4.68 Å². The number of ether oxygens (including phenoxy) is 1. The molecule has 1 fully saturated rings. The fourth-order valence-electron chi connectivity index (χ4n) is 4.30. The van der Waals surface area contributed by atoms with Gasteiger partial charge in [0.15, 0.2) is 5.58 Å². The van der Waals surface area contributed by atoms with Crippen LogP contribution in [0.4, 0.5) is 0 Å². The van der Waals surface area contributed by atoms with Gasteiger partial charge in [0, 0.05) is 25.2 Å². The molecule has 0 aliphatic carbocycles. The molecule has 4 heterocycles. The predicted molar refractivity (Wildman–Crippen MR) is 109 cm³/mol. The molecule has 3 aromatic heterocycles. The Kier molecular flexibility index (Phi) is 5.36. The van der Waals surface area contributed by atoms with Crippen molar-refractivity contribution in [3.8, 4) is 0 Å². The number of hydrogen-bond acceptors (Lipinski definition) is 6. The van der Waals surface area contributed by atoms with Gasteiger partial charge in [0.2, 0.25) is 5.91 Å². The number of esters is 1. The highest BCUT2D eigenvalue weighted by Crippen LogP contribution is 2.24. The van der Waals surface area contributed by atoms with E-state index in [-0.39, 0.29) is 23.4 Å². The Morgan fingerprint density at radius 2 is 2.13 bits per heavy atom. The zero-order chi connectivity index (χ0) is 21.4. The van der Waals surface area contributed by atoms with E-state index in [2.05, 4.69) is 5.10 Å². The quantitative estimate of drug-likeness (QED) is 0.594. The number of rotatable bonds is 5. The zero-order valence-electron chi connectivity index (χ0n) is 17.5. The number of likely N-dealkylation sites (tertiary alicyclic amines) is 1. The third kappa shape index (κ3) is 3.28. The summed E-state index contributed by atoms with van der Waals surface area (Å²) in [5.41, 5.74) is 1.45. The average Bonchev–Trinajstić information content (AvgIpc) is 3.34. The molecule has 9 heteroatoms. The fraction of sp³-hybridized carbons (Fsp3) is 0.524. The molecule has 9 nitrogen and oxygen atoms in total. The monoisotopic (exact) mass is 414 g/mol. The van der Waals surface area contributed by atoms with Gasteiger partial charge in [0.05, 0.1) is 24.3 Å². The lowest BCUT2D eigenvalue weighted by Crippen LogP contribution is -2.47. The van der Waals surface area contributed by atoms with Crippen molar-refractivity contribution in [2.24, 2.45) is 5.92 Å². The van der Waals surface area contributed by atoms with E-state index in [9.17, 15) is 14.4 Å². The number of aryl methyl sites for hydroxylation is 1. The summed E-state index contributed by atoms with van der Waals surface area (Å²) < 4.78 is 13.6. The van der Waals surface area contributed by atoms with Gasteiger partial charge >= 0.3 is 5.97 Å². The molecule has 4 rings (SSSR count). The molecule has 30 heavy (non-hydrogen) atoms. The number of carbonyl (C=O) groups is 2. The van der Waals surface area contributed by atoms with E-state index in [1.165, 1.54) is 4.68 Å². The third-order valence-corrected chi connectivity index (χ3v) is 5.75. The standard InChI is InChI=1S/C21H26N4O5/c1-4-15(19(26)23-9-6-7-14(12-23)21(28)29-5-2)25-20(27)17-11-18-16(8-10-30-18)24(17)13(3)22-25/h8,10-11,14-15H,4-7,9,12H2,1-3H3/t14-,15+/m0/s1. The lowest BCUT2D eigenvalue weighted by atomic mass is 9.97. The molecule has 0 radical (unpaired) electrons. The van der Waals surface area contributed by atoms with Crippen molar-refractivity contribution in [3.05, 3.63) is 34.6 Å².